The van der Waals surface area contributed by atoms with Crippen LogP contribution in [0.2, 0.25) is 0 Å². The van der Waals surface area contributed by atoms with Gasteiger partial charge in [-0.3, -0.25) is 0 Å². The maximum absolute atomic E-state index is 9.15. The quantitative estimate of drug-likeness (QED) is 0.270. The van der Waals surface area contributed by atoms with E-state index < -0.39 is 7.27 Å². The highest BCUT2D eigenvalue weighted by Crippen LogP contribution is 2.63. The monoisotopic (exact) mass is 424 g/mol. The fourth-order valence-electron chi connectivity index (χ4n) is 3.44. The van der Waals surface area contributed by atoms with E-state index in [4.69, 9.17) is 9.44 Å². The minimum absolute atomic E-state index is 0.659. The normalized spacial score (nSPS) is 14.9. The first kappa shape index (κ1) is 18.8. The molecule has 0 bridgehead atoms. The van der Waals surface area contributed by atoms with Crippen molar-refractivity contribution in [3.8, 4) is 11.8 Å². The van der Waals surface area contributed by atoms with Crippen molar-refractivity contribution in [1.82, 2.24) is 0 Å². The summed E-state index contributed by atoms with van der Waals surface area (Å²) in [5.74, 6) is 0.829. The standard InChI is InChI=1S/C25H17N2OPS/c26-17-18-10-12-20(13-11-18)25-16-23-22-9-5-4-6-19(22)14-15-24(23)27-29(25)30-28-21-7-2-1-3-8-21/h1-16,27H. The summed E-state index contributed by atoms with van der Waals surface area (Å²) in [5.41, 5.74) is 4.05. The molecule has 1 atom stereocenters. The molecule has 4 aromatic rings. The van der Waals surface area contributed by atoms with Crippen LogP contribution in [0.15, 0.2) is 91.0 Å². The molecular weight excluding hydrogens is 407 g/mol. The van der Waals surface area contributed by atoms with Gasteiger partial charge in [0.05, 0.1) is 11.6 Å². The van der Waals surface area contributed by atoms with Crippen molar-refractivity contribution in [2.75, 3.05) is 5.09 Å². The van der Waals surface area contributed by atoms with Gasteiger partial charge in [-0.25, -0.2) is 0 Å². The molecule has 1 N–H and O–H groups in total. The van der Waals surface area contributed by atoms with E-state index in [0.717, 1.165) is 17.0 Å². The molecule has 0 saturated carbocycles. The molecule has 0 amide bonds. The van der Waals surface area contributed by atoms with Gasteiger partial charge in [0.25, 0.3) is 0 Å². The number of nitriles is 1. The molecule has 0 radical (unpaired) electrons. The Morgan fingerprint density at radius 3 is 2.40 bits per heavy atom. The number of hydrogen-bond acceptors (Lipinski definition) is 4. The molecule has 144 valence electrons. The third-order valence-corrected chi connectivity index (χ3v) is 8.17. The van der Waals surface area contributed by atoms with Crippen LogP contribution in [-0.4, -0.2) is 0 Å². The third-order valence-electron chi connectivity index (χ3n) is 4.95. The van der Waals surface area contributed by atoms with E-state index in [0.29, 0.717) is 5.56 Å². The maximum atomic E-state index is 9.15. The van der Waals surface area contributed by atoms with Crippen LogP contribution in [0.3, 0.4) is 0 Å². The van der Waals surface area contributed by atoms with Crippen LogP contribution in [0.1, 0.15) is 16.7 Å². The predicted octanol–water partition coefficient (Wildman–Crippen LogP) is 7.67. The number of benzene rings is 4. The summed E-state index contributed by atoms with van der Waals surface area (Å²) in [6.07, 6.45) is 2.27. The average Bonchev–Trinajstić information content (AvgIpc) is 2.83. The fraction of sp³-hybridized carbons (Fsp3) is 0. The van der Waals surface area contributed by atoms with Crippen LogP contribution >= 0.6 is 18.9 Å². The molecule has 30 heavy (non-hydrogen) atoms. The van der Waals surface area contributed by atoms with Gasteiger partial charge in [0, 0.05) is 16.6 Å². The van der Waals surface area contributed by atoms with E-state index in [-0.39, 0.29) is 0 Å². The zero-order chi connectivity index (χ0) is 20.3. The van der Waals surface area contributed by atoms with E-state index in [9.17, 15) is 0 Å². The second kappa shape index (κ2) is 8.24. The summed E-state index contributed by atoms with van der Waals surface area (Å²) in [4.78, 5) is 0. The van der Waals surface area contributed by atoms with Crippen molar-refractivity contribution in [3.63, 3.8) is 0 Å². The number of nitrogens with one attached hydrogen (secondary N) is 1. The second-order valence-corrected chi connectivity index (χ2v) is 10.00. The highest BCUT2D eigenvalue weighted by molar-refractivity contribution is 8.56. The zero-order valence-electron chi connectivity index (χ0n) is 15.9. The summed E-state index contributed by atoms with van der Waals surface area (Å²) in [6.45, 7) is 0. The van der Waals surface area contributed by atoms with Crippen molar-refractivity contribution in [1.29, 1.82) is 5.26 Å². The Labute approximate surface area is 180 Å². The van der Waals surface area contributed by atoms with Gasteiger partial charge in [-0.1, -0.05) is 60.7 Å². The Morgan fingerprint density at radius 2 is 1.60 bits per heavy atom. The van der Waals surface area contributed by atoms with Crippen molar-refractivity contribution in [3.05, 3.63) is 108 Å². The average molecular weight is 424 g/mol. The Hall–Kier alpha value is -3.25. The van der Waals surface area contributed by atoms with E-state index in [2.05, 4.69) is 53.6 Å². The van der Waals surface area contributed by atoms with E-state index in [1.165, 1.54) is 33.3 Å². The number of anilines is 1. The van der Waals surface area contributed by atoms with Crippen LogP contribution in [-0.2, 0) is 0 Å². The Morgan fingerprint density at radius 1 is 0.833 bits per heavy atom. The topological polar surface area (TPSA) is 45.0 Å². The molecule has 1 aliphatic rings. The summed E-state index contributed by atoms with van der Waals surface area (Å²) in [5, 5.41) is 16.5. The molecule has 1 heterocycles. The van der Waals surface area contributed by atoms with Crippen molar-refractivity contribution in [2.45, 2.75) is 0 Å². The van der Waals surface area contributed by atoms with Crippen LogP contribution < -0.4 is 9.27 Å². The first-order valence-electron chi connectivity index (χ1n) is 9.52. The maximum Gasteiger partial charge on any atom is 0.137 e. The Bertz CT molecular complexity index is 1280. The predicted molar refractivity (Wildman–Crippen MR) is 128 cm³/mol. The minimum atomic E-state index is -0.868. The number of fused-ring (bicyclic) bond motifs is 3. The lowest BCUT2D eigenvalue weighted by Crippen LogP contribution is -2.02. The summed E-state index contributed by atoms with van der Waals surface area (Å²) < 4.78 is 6.03. The molecule has 5 rings (SSSR count). The summed E-state index contributed by atoms with van der Waals surface area (Å²) in [6, 6.07) is 32.5. The van der Waals surface area contributed by atoms with Crippen molar-refractivity contribution >= 4 is 46.8 Å². The van der Waals surface area contributed by atoms with Crippen LogP contribution in [0, 0.1) is 11.3 Å². The molecule has 3 nitrogen and oxygen atoms in total. The molecule has 1 aliphatic heterocycles. The smallest absolute Gasteiger partial charge is 0.137 e. The van der Waals surface area contributed by atoms with Gasteiger partial charge in [-0.15, -0.1) is 0 Å². The SMILES string of the molecule is N#Cc1ccc(C2=Cc3c(ccc4ccccc34)NP2SOc2ccccc2)cc1. The van der Waals surface area contributed by atoms with Gasteiger partial charge >= 0.3 is 0 Å². The first-order chi connectivity index (χ1) is 14.8. The summed E-state index contributed by atoms with van der Waals surface area (Å²) >= 11 is 1.45. The van der Waals surface area contributed by atoms with Crippen LogP contribution in [0.25, 0.3) is 22.2 Å². The molecule has 0 spiro atoms. The van der Waals surface area contributed by atoms with E-state index >= 15 is 0 Å². The molecule has 0 aliphatic carbocycles. The van der Waals surface area contributed by atoms with Gasteiger partial charge in [0.2, 0.25) is 0 Å². The third kappa shape index (κ3) is 3.66. The highest BCUT2D eigenvalue weighted by atomic mass is 32.7. The molecular formula is C25H17N2OPS. The van der Waals surface area contributed by atoms with Gasteiger partial charge in [0.1, 0.15) is 24.7 Å². The lowest BCUT2D eigenvalue weighted by atomic mass is 10.0. The fourth-order valence-corrected chi connectivity index (χ4v) is 6.60. The lowest BCUT2D eigenvalue weighted by Gasteiger charge is -2.27. The van der Waals surface area contributed by atoms with Gasteiger partial charge < -0.3 is 9.27 Å². The molecule has 0 saturated heterocycles. The Kier molecular flexibility index (Phi) is 5.15. The molecule has 4 aromatic carbocycles. The van der Waals surface area contributed by atoms with Crippen molar-refractivity contribution in [2.24, 2.45) is 0 Å². The van der Waals surface area contributed by atoms with Gasteiger partial charge in [-0.05, 0) is 52.7 Å². The number of para-hydroxylation sites is 1. The largest absolute Gasteiger partial charge is 0.419 e. The zero-order valence-corrected chi connectivity index (χ0v) is 17.7. The number of nitrogens with zero attached hydrogens (tertiary/aromatic N) is 1. The van der Waals surface area contributed by atoms with Crippen LogP contribution in [0.5, 0.6) is 5.75 Å². The summed E-state index contributed by atoms with van der Waals surface area (Å²) in [7, 11) is -0.868. The van der Waals surface area contributed by atoms with Crippen molar-refractivity contribution < 1.29 is 4.18 Å². The van der Waals surface area contributed by atoms with Gasteiger partial charge in [0.15, 0.2) is 0 Å². The molecule has 0 fully saturated rings. The number of rotatable bonds is 4. The first-order valence-corrected chi connectivity index (χ1v) is 12.2. The molecule has 5 heteroatoms. The Balaban J connectivity index is 1.57. The second-order valence-electron chi connectivity index (χ2n) is 6.84. The van der Waals surface area contributed by atoms with Gasteiger partial charge in [-0.2, -0.15) is 5.26 Å². The van der Waals surface area contributed by atoms with Crippen LogP contribution in [0.4, 0.5) is 5.69 Å². The minimum Gasteiger partial charge on any atom is -0.419 e. The number of hydrogen-bond donors (Lipinski definition) is 1. The van der Waals surface area contributed by atoms with E-state index in [1.54, 1.807) is 0 Å². The van der Waals surface area contributed by atoms with E-state index in [1.807, 2.05) is 54.6 Å². The molecule has 1 unspecified atom stereocenters. The molecule has 0 aromatic heterocycles. The lowest BCUT2D eigenvalue weighted by molar-refractivity contribution is 0.656. The highest BCUT2D eigenvalue weighted by Gasteiger charge is 2.25.